The molecule has 0 aliphatic carbocycles. The molecule has 6 nitrogen and oxygen atoms in total. The summed E-state index contributed by atoms with van der Waals surface area (Å²) in [6, 6.07) is 8.39. The zero-order chi connectivity index (χ0) is 16.8. The van der Waals surface area contributed by atoms with E-state index >= 15 is 0 Å². The first kappa shape index (κ1) is 16.7. The van der Waals surface area contributed by atoms with Crippen LogP contribution in [0.4, 0.5) is 17.3 Å². The quantitative estimate of drug-likeness (QED) is 0.722. The molecule has 2 rings (SSSR count). The van der Waals surface area contributed by atoms with Gasteiger partial charge in [0.2, 0.25) is 0 Å². The number of aromatic nitrogens is 2. The Morgan fingerprint density at radius 1 is 1.17 bits per heavy atom. The van der Waals surface area contributed by atoms with E-state index in [9.17, 15) is 4.79 Å². The maximum atomic E-state index is 10.9. The average molecular weight is 314 g/mol. The van der Waals surface area contributed by atoms with Crippen molar-refractivity contribution in [2.45, 2.75) is 27.2 Å². The van der Waals surface area contributed by atoms with Crippen molar-refractivity contribution in [3.8, 4) is 0 Å². The summed E-state index contributed by atoms with van der Waals surface area (Å²) in [7, 11) is 0. The van der Waals surface area contributed by atoms with Crippen molar-refractivity contribution in [2.24, 2.45) is 5.92 Å². The van der Waals surface area contributed by atoms with Crippen LogP contribution in [-0.2, 0) is 0 Å². The summed E-state index contributed by atoms with van der Waals surface area (Å²) in [6.07, 6.45) is 1.07. The van der Waals surface area contributed by atoms with Crippen LogP contribution in [0.25, 0.3) is 0 Å². The molecule has 0 aliphatic heterocycles. The fourth-order valence-electron chi connectivity index (χ4n) is 2.06. The minimum atomic E-state index is -0.939. The SMILES string of the molecule is Cc1nc(NCCC(C)C)cc(Nc2ccc(C(=O)O)cc2)n1. The molecule has 1 aromatic heterocycles. The lowest BCUT2D eigenvalue weighted by atomic mass is 10.1. The van der Waals surface area contributed by atoms with Gasteiger partial charge in [-0.25, -0.2) is 14.8 Å². The van der Waals surface area contributed by atoms with E-state index in [-0.39, 0.29) is 5.56 Å². The first-order chi connectivity index (χ1) is 10.9. The number of hydrogen-bond acceptors (Lipinski definition) is 5. The molecule has 0 aliphatic rings. The van der Waals surface area contributed by atoms with Gasteiger partial charge in [0.05, 0.1) is 5.56 Å². The van der Waals surface area contributed by atoms with E-state index in [2.05, 4.69) is 34.4 Å². The van der Waals surface area contributed by atoms with Gasteiger partial charge in [-0.15, -0.1) is 0 Å². The first-order valence-electron chi connectivity index (χ1n) is 7.64. The Kier molecular flexibility index (Phi) is 5.51. The van der Waals surface area contributed by atoms with E-state index in [0.29, 0.717) is 17.6 Å². The van der Waals surface area contributed by atoms with Gasteiger partial charge in [-0.05, 0) is 43.5 Å². The molecule has 122 valence electrons. The van der Waals surface area contributed by atoms with Crippen LogP contribution >= 0.6 is 0 Å². The number of nitrogens with one attached hydrogen (secondary N) is 2. The molecule has 0 radical (unpaired) electrons. The van der Waals surface area contributed by atoms with Crippen LogP contribution in [0.15, 0.2) is 30.3 Å². The van der Waals surface area contributed by atoms with E-state index < -0.39 is 5.97 Å². The molecule has 1 heterocycles. The minimum Gasteiger partial charge on any atom is -0.478 e. The molecule has 0 spiro atoms. The van der Waals surface area contributed by atoms with Gasteiger partial charge in [0, 0.05) is 18.3 Å². The molecule has 0 fully saturated rings. The normalized spacial score (nSPS) is 10.6. The zero-order valence-electron chi connectivity index (χ0n) is 13.6. The summed E-state index contributed by atoms with van der Waals surface area (Å²) < 4.78 is 0. The number of aryl methyl sites for hydroxylation is 1. The van der Waals surface area contributed by atoms with Crippen molar-refractivity contribution in [1.29, 1.82) is 0 Å². The smallest absolute Gasteiger partial charge is 0.335 e. The Morgan fingerprint density at radius 2 is 1.83 bits per heavy atom. The predicted octanol–water partition coefficient (Wildman–Crippen LogP) is 3.68. The largest absolute Gasteiger partial charge is 0.478 e. The van der Waals surface area contributed by atoms with Crippen molar-refractivity contribution in [2.75, 3.05) is 17.2 Å². The number of benzene rings is 1. The van der Waals surface area contributed by atoms with Crippen molar-refractivity contribution in [3.63, 3.8) is 0 Å². The number of anilines is 3. The number of carbonyl (C=O) groups is 1. The summed E-state index contributed by atoms with van der Waals surface area (Å²) in [6.45, 7) is 7.06. The van der Waals surface area contributed by atoms with E-state index in [4.69, 9.17) is 5.11 Å². The molecule has 0 atom stereocenters. The van der Waals surface area contributed by atoms with E-state index in [1.54, 1.807) is 24.3 Å². The van der Waals surface area contributed by atoms with Gasteiger partial charge in [-0.3, -0.25) is 0 Å². The molecule has 0 saturated carbocycles. The first-order valence-corrected chi connectivity index (χ1v) is 7.64. The molecule has 6 heteroatoms. The van der Waals surface area contributed by atoms with Crippen molar-refractivity contribution < 1.29 is 9.90 Å². The van der Waals surface area contributed by atoms with Gasteiger partial charge < -0.3 is 15.7 Å². The monoisotopic (exact) mass is 314 g/mol. The highest BCUT2D eigenvalue weighted by molar-refractivity contribution is 5.88. The Hall–Kier alpha value is -2.63. The second-order valence-electron chi connectivity index (χ2n) is 5.80. The van der Waals surface area contributed by atoms with E-state index in [1.807, 2.05) is 13.0 Å². The molecule has 0 bridgehead atoms. The van der Waals surface area contributed by atoms with Crippen molar-refractivity contribution in [1.82, 2.24) is 9.97 Å². The standard InChI is InChI=1S/C17H22N4O2/c1-11(2)8-9-18-15-10-16(20-12(3)19-15)21-14-6-4-13(5-7-14)17(22)23/h4-7,10-11H,8-9H2,1-3H3,(H,22,23)(H2,18,19,20,21). The molecule has 0 unspecified atom stereocenters. The Bertz CT molecular complexity index is 669. The highest BCUT2D eigenvalue weighted by Crippen LogP contribution is 2.18. The summed E-state index contributed by atoms with van der Waals surface area (Å²) in [4.78, 5) is 19.6. The highest BCUT2D eigenvalue weighted by Gasteiger charge is 2.05. The van der Waals surface area contributed by atoms with Crippen LogP contribution in [0.2, 0.25) is 0 Å². The van der Waals surface area contributed by atoms with Gasteiger partial charge in [0.25, 0.3) is 0 Å². The van der Waals surface area contributed by atoms with Crippen LogP contribution < -0.4 is 10.6 Å². The molecule has 1 aromatic carbocycles. The summed E-state index contributed by atoms with van der Waals surface area (Å²) in [5.74, 6) is 1.82. The van der Waals surface area contributed by atoms with Crippen LogP contribution in [0, 0.1) is 12.8 Å². The number of rotatable bonds is 7. The number of nitrogens with zero attached hydrogens (tertiary/aromatic N) is 2. The number of carboxylic acid groups (broad SMARTS) is 1. The number of hydrogen-bond donors (Lipinski definition) is 3. The lowest BCUT2D eigenvalue weighted by Crippen LogP contribution is -2.08. The van der Waals surface area contributed by atoms with Gasteiger partial charge in [0.1, 0.15) is 17.5 Å². The third kappa shape index (κ3) is 5.25. The van der Waals surface area contributed by atoms with Crippen molar-refractivity contribution in [3.05, 3.63) is 41.7 Å². The van der Waals surface area contributed by atoms with E-state index in [1.165, 1.54) is 0 Å². The van der Waals surface area contributed by atoms with Crippen LogP contribution in [0.3, 0.4) is 0 Å². The lowest BCUT2D eigenvalue weighted by molar-refractivity contribution is 0.0697. The summed E-state index contributed by atoms with van der Waals surface area (Å²) in [5, 5.41) is 15.4. The Morgan fingerprint density at radius 3 is 2.43 bits per heavy atom. The van der Waals surface area contributed by atoms with Gasteiger partial charge in [0.15, 0.2) is 0 Å². The predicted molar refractivity (Wildman–Crippen MR) is 91.4 cm³/mol. The van der Waals surface area contributed by atoms with Crippen LogP contribution in [0.5, 0.6) is 0 Å². The lowest BCUT2D eigenvalue weighted by Gasteiger charge is -2.11. The fraction of sp³-hybridized carbons (Fsp3) is 0.353. The van der Waals surface area contributed by atoms with Gasteiger partial charge in [-0.2, -0.15) is 0 Å². The molecular formula is C17H22N4O2. The third-order valence-corrected chi connectivity index (χ3v) is 3.27. The van der Waals surface area contributed by atoms with Gasteiger partial charge in [-0.1, -0.05) is 13.8 Å². The highest BCUT2D eigenvalue weighted by atomic mass is 16.4. The summed E-state index contributed by atoms with van der Waals surface area (Å²) in [5.41, 5.74) is 1.03. The molecule has 23 heavy (non-hydrogen) atoms. The van der Waals surface area contributed by atoms with Crippen LogP contribution in [0.1, 0.15) is 36.5 Å². The molecular weight excluding hydrogens is 292 g/mol. The topological polar surface area (TPSA) is 87.1 Å². The molecule has 0 saturated heterocycles. The molecule has 3 N–H and O–H groups in total. The average Bonchev–Trinajstić information content (AvgIpc) is 2.46. The maximum absolute atomic E-state index is 10.9. The van der Waals surface area contributed by atoms with E-state index in [0.717, 1.165) is 24.5 Å². The second-order valence-corrected chi connectivity index (χ2v) is 5.80. The maximum Gasteiger partial charge on any atom is 0.335 e. The van der Waals surface area contributed by atoms with Crippen molar-refractivity contribution >= 4 is 23.3 Å². The Labute approximate surface area is 136 Å². The summed E-state index contributed by atoms with van der Waals surface area (Å²) >= 11 is 0. The zero-order valence-corrected chi connectivity index (χ0v) is 13.6. The second kappa shape index (κ2) is 7.58. The number of carboxylic acids is 1. The Balaban J connectivity index is 2.07. The minimum absolute atomic E-state index is 0.255. The van der Waals surface area contributed by atoms with Crippen LogP contribution in [-0.4, -0.2) is 27.6 Å². The number of aromatic carboxylic acids is 1. The van der Waals surface area contributed by atoms with Gasteiger partial charge >= 0.3 is 5.97 Å². The molecule has 0 amide bonds. The fourth-order valence-corrected chi connectivity index (χ4v) is 2.06. The molecule has 2 aromatic rings. The third-order valence-electron chi connectivity index (χ3n) is 3.27.